The lowest BCUT2D eigenvalue weighted by Gasteiger charge is -2.43. The number of benzene rings is 1. The molecule has 0 aromatic heterocycles. The Morgan fingerprint density at radius 2 is 1.53 bits per heavy atom. The van der Waals surface area contributed by atoms with E-state index < -0.39 is 65.8 Å². The van der Waals surface area contributed by atoms with Gasteiger partial charge in [-0.3, -0.25) is 24.5 Å². The molecule has 1 aliphatic rings. The van der Waals surface area contributed by atoms with Crippen molar-refractivity contribution in [3.63, 3.8) is 0 Å². The lowest BCUT2D eigenvalue weighted by Crippen LogP contribution is -2.63. The summed E-state index contributed by atoms with van der Waals surface area (Å²) >= 11 is 0. The Labute approximate surface area is 170 Å². The number of ether oxygens (including phenoxy) is 5. The van der Waals surface area contributed by atoms with E-state index in [1.54, 1.807) is 0 Å². The first-order valence-electron chi connectivity index (χ1n) is 8.82. The number of nitro groups is 1. The quantitative estimate of drug-likeness (QED) is 0.279. The Hall–Kier alpha value is -3.25. The molecule has 30 heavy (non-hydrogen) atoms. The van der Waals surface area contributed by atoms with Gasteiger partial charge in [-0.05, 0) is 6.07 Å². The van der Waals surface area contributed by atoms with Gasteiger partial charge in [-0.15, -0.1) is 0 Å². The number of hydrogen-bond donors (Lipinski definition) is 1. The lowest BCUT2D eigenvalue weighted by atomic mass is 9.98. The Morgan fingerprint density at radius 3 is 2.07 bits per heavy atom. The van der Waals surface area contributed by atoms with Gasteiger partial charge >= 0.3 is 23.6 Å². The van der Waals surface area contributed by atoms with Crippen LogP contribution in [0.2, 0.25) is 0 Å². The van der Waals surface area contributed by atoms with Crippen LogP contribution in [-0.4, -0.2) is 65.3 Å². The van der Waals surface area contributed by atoms with Gasteiger partial charge < -0.3 is 28.8 Å². The van der Waals surface area contributed by atoms with Crippen LogP contribution in [0.15, 0.2) is 24.3 Å². The predicted octanol–water partition coefficient (Wildman–Crippen LogP) is 0.486. The minimum atomic E-state index is -1.52. The van der Waals surface area contributed by atoms with Crippen molar-refractivity contribution < 1.29 is 48.1 Å². The normalized spacial score (nSPS) is 25.7. The number of aliphatic hydroxyl groups is 1. The summed E-state index contributed by atoms with van der Waals surface area (Å²) in [6.45, 7) is 2.57. The summed E-state index contributed by atoms with van der Waals surface area (Å²) in [4.78, 5) is 45.4. The number of esters is 3. The summed E-state index contributed by atoms with van der Waals surface area (Å²) in [7, 11) is 0. The van der Waals surface area contributed by atoms with Crippen molar-refractivity contribution in [2.24, 2.45) is 0 Å². The number of carbonyl (C=O) groups excluding carboxylic acids is 3. The molecule has 1 aromatic carbocycles. The third kappa shape index (κ3) is 5.64. The van der Waals surface area contributed by atoms with Gasteiger partial charge in [-0.1, -0.05) is 12.1 Å². The minimum Gasteiger partial charge on any atom is -0.456 e. The van der Waals surface area contributed by atoms with Gasteiger partial charge in [-0.2, -0.15) is 0 Å². The first kappa shape index (κ1) is 23.0. The van der Waals surface area contributed by atoms with Gasteiger partial charge in [0.15, 0.2) is 18.0 Å². The van der Waals surface area contributed by atoms with Crippen LogP contribution < -0.4 is 4.74 Å². The molecule has 5 atom stereocenters. The third-order valence-electron chi connectivity index (χ3n) is 3.98. The van der Waals surface area contributed by atoms with E-state index in [1.807, 2.05) is 0 Å². The molecule has 0 spiro atoms. The highest BCUT2D eigenvalue weighted by Crippen LogP contribution is 2.33. The van der Waals surface area contributed by atoms with Crippen LogP contribution in [0.3, 0.4) is 0 Å². The molecule has 1 heterocycles. The van der Waals surface area contributed by atoms with Gasteiger partial charge in [0.2, 0.25) is 12.4 Å². The number of nitrogens with zero attached hydrogens (tertiary/aromatic N) is 1. The van der Waals surface area contributed by atoms with E-state index in [0.29, 0.717) is 0 Å². The summed E-state index contributed by atoms with van der Waals surface area (Å²) in [5.74, 6) is -2.58. The summed E-state index contributed by atoms with van der Waals surface area (Å²) in [5, 5.41) is 21.0. The molecular formula is C18H21NO11. The summed E-state index contributed by atoms with van der Waals surface area (Å²) in [5.41, 5.74) is -0.394. The molecule has 2 rings (SSSR count). The molecule has 12 heteroatoms. The van der Waals surface area contributed by atoms with Crippen LogP contribution in [0, 0.1) is 10.1 Å². The Balaban J connectivity index is 2.47. The van der Waals surface area contributed by atoms with Gasteiger partial charge in [0.1, 0.15) is 6.10 Å². The second-order valence-electron chi connectivity index (χ2n) is 6.29. The van der Waals surface area contributed by atoms with E-state index in [1.165, 1.54) is 24.3 Å². The Kier molecular flexibility index (Phi) is 7.66. The second kappa shape index (κ2) is 9.98. The van der Waals surface area contributed by atoms with Crippen LogP contribution >= 0.6 is 0 Å². The van der Waals surface area contributed by atoms with E-state index in [-0.39, 0.29) is 5.75 Å². The summed E-state index contributed by atoms with van der Waals surface area (Å²) < 4.78 is 26.7. The molecule has 1 fully saturated rings. The molecular weight excluding hydrogens is 406 g/mol. The monoisotopic (exact) mass is 427 g/mol. The molecule has 1 N–H and O–H groups in total. The lowest BCUT2D eigenvalue weighted by molar-refractivity contribution is -0.387. The SMILES string of the molecule is CC(=O)OC1[C@H](Oc2ccccc2[N+](=O)[O-])OC(CO)[C@H](OC(C)=O)[C@H]1OC(C)=O. The van der Waals surface area contributed by atoms with E-state index in [9.17, 15) is 29.6 Å². The number of nitro benzene ring substituents is 1. The van der Waals surface area contributed by atoms with Crippen molar-refractivity contribution in [1.29, 1.82) is 0 Å². The molecule has 2 unspecified atom stereocenters. The molecule has 0 radical (unpaired) electrons. The summed E-state index contributed by atoms with van der Waals surface area (Å²) in [6, 6.07) is 5.37. The zero-order valence-electron chi connectivity index (χ0n) is 16.4. The van der Waals surface area contributed by atoms with Crippen molar-refractivity contribution in [2.75, 3.05) is 6.61 Å². The summed E-state index contributed by atoms with van der Waals surface area (Å²) in [6.07, 6.45) is -6.96. The van der Waals surface area contributed by atoms with Gasteiger partial charge in [0, 0.05) is 26.8 Å². The van der Waals surface area contributed by atoms with Crippen LogP contribution in [0.1, 0.15) is 20.8 Å². The van der Waals surface area contributed by atoms with Crippen molar-refractivity contribution >= 4 is 23.6 Å². The van der Waals surface area contributed by atoms with Gasteiger partial charge in [0.25, 0.3) is 0 Å². The maximum atomic E-state index is 11.7. The smallest absolute Gasteiger partial charge is 0.311 e. The fraction of sp³-hybridized carbons (Fsp3) is 0.500. The van der Waals surface area contributed by atoms with Crippen LogP contribution in [-0.2, 0) is 33.3 Å². The number of para-hydroxylation sites is 2. The number of carbonyl (C=O) groups is 3. The highest BCUT2D eigenvalue weighted by molar-refractivity contribution is 5.68. The maximum absolute atomic E-state index is 11.7. The Bertz CT molecular complexity index is 811. The van der Waals surface area contributed by atoms with Crippen molar-refractivity contribution in [3.05, 3.63) is 34.4 Å². The Morgan fingerprint density at radius 1 is 1.00 bits per heavy atom. The van der Waals surface area contributed by atoms with Crippen LogP contribution in [0.25, 0.3) is 0 Å². The van der Waals surface area contributed by atoms with Crippen molar-refractivity contribution in [2.45, 2.75) is 51.5 Å². The predicted molar refractivity (Wildman–Crippen MR) is 96.1 cm³/mol. The average Bonchev–Trinajstić information content (AvgIpc) is 2.65. The van der Waals surface area contributed by atoms with Gasteiger partial charge in [0.05, 0.1) is 11.5 Å². The van der Waals surface area contributed by atoms with Crippen LogP contribution in [0.4, 0.5) is 5.69 Å². The number of rotatable bonds is 7. The third-order valence-corrected chi connectivity index (χ3v) is 3.98. The highest BCUT2D eigenvalue weighted by atomic mass is 16.7. The van der Waals surface area contributed by atoms with E-state index in [0.717, 1.165) is 20.8 Å². The molecule has 0 saturated carbocycles. The number of aliphatic hydroxyl groups excluding tert-OH is 1. The molecule has 0 bridgehead atoms. The molecule has 164 valence electrons. The zero-order chi connectivity index (χ0) is 22.4. The van der Waals surface area contributed by atoms with E-state index in [2.05, 4.69) is 0 Å². The standard InChI is InChI=1S/C18H21NO11/c1-9(21)26-15-14(8-20)30-18(17(28-11(3)23)16(15)27-10(2)22)29-13-7-5-4-6-12(13)19(24)25/h4-7,14-18,20H,8H2,1-3H3/t14?,15-,16+,17?,18+/m0/s1. The first-order valence-corrected chi connectivity index (χ1v) is 8.82. The molecule has 0 amide bonds. The molecule has 1 aromatic rings. The highest BCUT2D eigenvalue weighted by Gasteiger charge is 2.53. The fourth-order valence-corrected chi connectivity index (χ4v) is 2.93. The topological polar surface area (TPSA) is 161 Å². The zero-order valence-corrected chi connectivity index (χ0v) is 16.4. The molecule has 12 nitrogen and oxygen atoms in total. The van der Waals surface area contributed by atoms with Gasteiger partial charge in [-0.25, -0.2) is 0 Å². The second-order valence-corrected chi connectivity index (χ2v) is 6.29. The molecule has 1 saturated heterocycles. The molecule has 1 aliphatic heterocycles. The first-order chi connectivity index (χ1) is 14.1. The van der Waals surface area contributed by atoms with E-state index >= 15 is 0 Å². The largest absolute Gasteiger partial charge is 0.456 e. The maximum Gasteiger partial charge on any atom is 0.311 e. The minimum absolute atomic E-state index is 0.214. The molecule has 0 aliphatic carbocycles. The average molecular weight is 427 g/mol. The van der Waals surface area contributed by atoms with Crippen molar-refractivity contribution in [3.8, 4) is 5.75 Å². The number of hydrogen-bond acceptors (Lipinski definition) is 11. The van der Waals surface area contributed by atoms with E-state index in [4.69, 9.17) is 23.7 Å². The van der Waals surface area contributed by atoms with Crippen molar-refractivity contribution in [1.82, 2.24) is 0 Å². The van der Waals surface area contributed by atoms with Crippen LogP contribution in [0.5, 0.6) is 5.75 Å². The fourth-order valence-electron chi connectivity index (χ4n) is 2.93.